The van der Waals surface area contributed by atoms with E-state index in [9.17, 15) is 19.8 Å². The molecule has 0 bridgehead atoms. The third-order valence-electron chi connectivity index (χ3n) is 6.08. The lowest BCUT2D eigenvalue weighted by Gasteiger charge is -2.20. The molecule has 6 nitrogen and oxygen atoms in total. The van der Waals surface area contributed by atoms with Crippen LogP contribution in [0.2, 0.25) is 0 Å². The third kappa shape index (κ3) is 4.82. The number of aliphatic hydroxyl groups is 2. The molecule has 0 aromatic heterocycles. The van der Waals surface area contributed by atoms with Crippen molar-refractivity contribution in [2.75, 3.05) is 13.2 Å². The Morgan fingerprint density at radius 1 is 0.909 bits per heavy atom. The van der Waals surface area contributed by atoms with Gasteiger partial charge in [-0.05, 0) is 41.2 Å². The van der Waals surface area contributed by atoms with E-state index >= 15 is 0 Å². The van der Waals surface area contributed by atoms with Crippen LogP contribution in [0.4, 0.5) is 4.79 Å². The van der Waals surface area contributed by atoms with E-state index in [0.29, 0.717) is 11.1 Å². The smallest absolute Gasteiger partial charge is 0.407 e. The van der Waals surface area contributed by atoms with Crippen LogP contribution in [-0.2, 0) is 4.74 Å². The Kier molecular flexibility index (Phi) is 6.87. The predicted molar refractivity (Wildman–Crippen MR) is 125 cm³/mol. The van der Waals surface area contributed by atoms with Crippen LogP contribution >= 0.6 is 0 Å². The number of rotatable bonds is 8. The molecule has 0 spiro atoms. The van der Waals surface area contributed by atoms with E-state index in [4.69, 9.17) is 4.74 Å². The largest absolute Gasteiger partial charge is 0.449 e. The first-order valence-electron chi connectivity index (χ1n) is 11.0. The summed E-state index contributed by atoms with van der Waals surface area (Å²) in [5.74, 6) is -0.216. The molecule has 0 radical (unpaired) electrons. The van der Waals surface area contributed by atoms with Gasteiger partial charge in [-0.3, -0.25) is 4.79 Å². The zero-order chi connectivity index (χ0) is 23.4. The van der Waals surface area contributed by atoms with Gasteiger partial charge in [-0.15, -0.1) is 0 Å². The Balaban J connectivity index is 1.30. The normalized spacial score (nSPS) is 14.2. The summed E-state index contributed by atoms with van der Waals surface area (Å²) in [6.45, 7) is 1.74. The maximum Gasteiger partial charge on any atom is 0.407 e. The summed E-state index contributed by atoms with van der Waals surface area (Å²) < 4.78 is 5.48. The monoisotopic (exact) mass is 445 g/mol. The fourth-order valence-electron chi connectivity index (χ4n) is 4.41. The first-order valence-corrected chi connectivity index (χ1v) is 11.0. The Morgan fingerprint density at radius 3 is 2.12 bits per heavy atom. The number of fused-ring (bicyclic) bond motifs is 3. The maximum atomic E-state index is 12.3. The molecule has 3 aromatic carbocycles. The van der Waals surface area contributed by atoms with E-state index < -0.39 is 18.3 Å². The lowest BCUT2D eigenvalue weighted by Crippen LogP contribution is -2.31. The van der Waals surface area contributed by atoms with Crippen LogP contribution in [0.1, 0.15) is 52.4 Å². The van der Waals surface area contributed by atoms with Crippen molar-refractivity contribution in [3.63, 3.8) is 0 Å². The fourth-order valence-corrected chi connectivity index (χ4v) is 4.41. The average Bonchev–Trinajstić information content (AvgIpc) is 3.16. The molecule has 0 fully saturated rings. The van der Waals surface area contributed by atoms with Gasteiger partial charge in [0.2, 0.25) is 0 Å². The lowest BCUT2D eigenvalue weighted by atomic mass is 9.95. The van der Waals surface area contributed by atoms with Crippen molar-refractivity contribution in [2.45, 2.75) is 31.5 Å². The molecule has 3 aromatic rings. The number of hydrogen-bond acceptors (Lipinski definition) is 5. The Bertz CT molecular complexity index is 1110. The van der Waals surface area contributed by atoms with Crippen LogP contribution in [0.15, 0.2) is 72.8 Å². The highest BCUT2D eigenvalue weighted by Gasteiger charge is 2.29. The zero-order valence-electron chi connectivity index (χ0n) is 18.4. The van der Waals surface area contributed by atoms with Crippen LogP contribution in [0.5, 0.6) is 0 Å². The molecule has 33 heavy (non-hydrogen) atoms. The first-order chi connectivity index (χ1) is 16.0. The van der Waals surface area contributed by atoms with Crippen LogP contribution in [0, 0.1) is 0 Å². The number of carbonyl (C=O) groups is 2. The topological polar surface area (TPSA) is 95.9 Å². The van der Waals surface area contributed by atoms with Gasteiger partial charge in [0.1, 0.15) is 12.7 Å². The number of ether oxygens (including phenoxy) is 1. The second-order valence-electron chi connectivity index (χ2n) is 8.20. The highest BCUT2D eigenvalue weighted by atomic mass is 16.5. The minimum Gasteiger partial charge on any atom is -0.449 e. The van der Waals surface area contributed by atoms with E-state index in [1.807, 2.05) is 24.3 Å². The molecule has 0 saturated heterocycles. The van der Waals surface area contributed by atoms with Gasteiger partial charge < -0.3 is 20.3 Å². The third-order valence-corrected chi connectivity index (χ3v) is 6.08. The van der Waals surface area contributed by atoms with E-state index in [2.05, 4.69) is 29.6 Å². The van der Waals surface area contributed by atoms with Gasteiger partial charge in [0.25, 0.3) is 0 Å². The van der Waals surface area contributed by atoms with Crippen molar-refractivity contribution >= 4 is 11.9 Å². The van der Waals surface area contributed by atoms with Gasteiger partial charge in [0, 0.05) is 18.0 Å². The second-order valence-corrected chi connectivity index (χ2v) is 8.20. The number of alkyl carbamates (subject to hydrolysis) is 1. The Morgan fingerprint density at radius 2 is 1.48 bits per heavy atom. The summed E-state index contributed by atoms with van der Waals surface area (Å²) in [7, 11) is 0. The van der Waals surface area contributed by atoms with Crippen molar-refractivity contribution in [1.82, 2.24) is 5.32 Å². The van der Waals surface area contributed by atoms with Crippen LogP contribution in [0.25, 0.3) is 11.1 Å². The predicted octanol–water partition coefficient (Wildman–Crippen LogP) is 4.21. The maximum absolute atomic E-state index is 12.3. The Labute approximate surface area is 192 Å². The minimum absolute atomic E-state index is 0.0290. The number of hydrogen-bond donors (Lipinski definition) is 3. The molecular formula is C27H27NO5. The molecule has 1 aliphatic rings. The number of carbonyl (C=O) groups excluding carboxylic acids is 2. The fraction of sp³-hybridized carbons (Fsp3) is 0.259. The second kappa shape index (κ2) is 9.98. The minimum atomic E-state index is -1.23. The molecule has 0 aliphatic heterocycles. The molecule has 3 N–H and O–H groups in total. The molecule has 0 heterocycles. The zero-order valence-corrected chi connectivity index (χ0v) is 18.4. The molecule has 1 amide bonds. The van der Waals surface area contributed by atoms with E-state index in [-0.39, 0.29) is 31.3 Å². The summed E-state index contributed by atoms with van der Waals surface area (Å²) in [4.78, 5) is 24.0. The molecule has 2 atom stereocenters. The number of aliphatic hydroxyl groups excluding tert-OH is 2. The molecule has 170 valence electrons. The molecule has 1 aliphatic carbocycles. The molecule has 6 heteroatoms. The highest BCUT2D eigenvalue weighted by molar-refractivity contribution is 5.95. The van der Waals surface area contributed by atoms with Gasteiger partial charge in [0.15, 0.2) is 5.78 Å². The summed E-state index contributed by atoms with van der Waals surface area (Å²) in [6.07, 6.45) is -2.84. The van der Waals surface area contributed by atoms with E-state index in [1.165, 1.54) is 6.92 Å². The van der Waals surface area contributed by atoms with E-state index in [1.54, 1.807) is 24.3 Å². The number of Topliss-reactive ketones (excluding diaryl/α,β-unsaturated/α-hetero) is 1. The quantitative estimate of drug-likeness (QED) is 0.452. The van der Waals surface area contributed by atoms with Crippen LogP contribution < -0.4 is 5.32 Å². The van der Waals surface area contributed by atoms with Crippen molar-refractivity contribution in [1.29, 1.82) is 0 Å². The van der Waals surface area contributed by atoms with Crippen LogP contribution in [0.3, 0.4) is 0 Å². The summed E-state index contributed by atoms with van der Waals surface area (Å²) >= 11 is 0. The summed E-state index contributed by atoms with van der Waals surface area (Å²) in [5.41, 5.74) is 5.32. The SMILES string of the molecule is CC(=O)c1ccccc1C(O)C(O)CCNC(=O)OCC1c2ccccc2-c2ccccc21. The van der Waals surface area contributed by atoms with Crippen LogP contribution in [-0.4, -0.2) is 41.3 Å². The van der Waals surface area contributed by atoms with Gasteiger partial charge in [-0.2, -0.15) is 0 Å². The van der Waals surface area contributed by atoms with Gasteiger partial charge >= 0.3 is 6.09 Å². The molecule has 4 rings (SSSR count). The number of nitrogens with one attached hydrogen (secondary N) is 1. The van der Waals surface area contributed by atoms with Crippen molar-refractivity contribution in [3.05, 3.63) is 95.1 Å². The Hall–Kier alpha value is -3.48. The van der Waals surface area contributed by atoms with Gasteiger partial charge in [-0.1, -0.05) is 72.8 Å². The first kappa shape index (κ1) is 22.7. The number of ketones is 1. The number of benzene rings is 3. The molecular weight excluding hydrogens is 418 g/mol. The van der Waals surface area contributed by atoms with Gasteiger partial charge in [0.05, 0.1) is 6.10 Å². The van der Waals surface area contributed by atoms with Crippen molar-refractivity contribution in [3.8, 4) is 11.1 Å². The van der Waals surface area contributed by atoms with Gasteiger partial charge in [-0.25, -0.2) is 4.79 Å². The molecule has 2 unspecified atom stereocenters. The summed E-state index contributed by atoms with van der Waals surface area (Å²) in [5, 5.41) is 23.5. The average molecular weight is 446 g/mol. The molecule has 0 saturated carbocycles. The highest BCUT2D eigenvalue weighted by Crippen LogP contribution is 2.44. The summed E-state index contributed by atoms with van der Waals surface area (Å²) in [6, 6.07) is 22.9. The van der Waals surface area contributed by atoms with Crippen molar-refractivity contribution in [2.24, 2.45) is 0 Å². The van der Waals surface area contributed by atoms with Crippen molar-refractivity contribution < 1.29 is 24.5 Å². The number of amides is 1. The van der Waals surface area contributed by atoms with E-state index in [0.717, 1.165) is 22.3 Å². The standard InChI is InChI=1S/C27H27NO5/c1-17(29)18-8-2-7-13-23(18)26(31)25(30)14-15-28-27(32)33-16-24-21-11-5-3-9-19(21)20-10-4-6-12-22(20)24/h2-13,24-26,30-31H,14-16H2,1H3,(H,28,32). The lowest BCUT2D eigenvalue weighted by molar-refractivity contribution is 0.0132.